The van der Waals surface area contributed by atoms with Gasteiger partial charge in [0.15, 0.2) is 10.9 Å². The van der Waals surface area contributed by atoms with Crippen molar-refractivity contribution in [1.82, 2.24) is 25.1 Å². The van der Waals surface area contributed by atoms with E-state index in [1.165, 1.54) is 11.3 Å². The quantitative estimate of drug-likeness (QED) is 0.398. The summed E-state index contributed by atoms with van der Waals surface area (Å²) in [6, 6.07) is 13.0. The number of aromatic nitrogens is 4. The number of nitrogens with one attached hydrogen (secondary N) is 2. The molecule has 0 spiro atoms. The number of amides is 1. The molecule has 2 N–H and O–H groups in total. The van der Waals surface area contributed by atoms with Gasteiger partial charge in [-0.3, -0.25) is 10.1 Å². The Morgan fingerprint density at radius 3 is 2.70 bits per heavy atom. The molecule has 1 amide bonds. The summed E-state index contributed by atoms with van der Waals surface area (Å²) in [5.74, 6) is 0.560. The Morgan fingerprint density at radius 2 is 1.97 bits per heavy atom. The Balaban J connectivity index is 1.52. The lowest BCUT2D eigenvalue weighted by molar-refractivity contribution is 0.0977. The first-order valence-electron chi connectivity index (χ1n) is 9.14. The first-order chi connectivity index (χ1) is 14.4. The molecule has 0 bridgehead atoms. The Labute approximate surface area is 190 Å². The second kappa shape index (κ2) is 8.58. The van der Waals surface area contributed by atoms with Crippen LogP contribution in [-0.2, 0) is 6.42 Å². The van der Waals surface area contributed by atoms with Crippen LogP contribution in [0.2, 0.25) is 0 Å². The van der Waals surface area contributed by atoms with Gasteiger partial charge < -0.3 is 5.32 Å². The zero-order chi connectivity index (χ0) is 21.3. The fraction of sp³-hybridized carbons (Fsp3) is 0.150. The van der Waals surface area contributed by atoms with Crippen molar-refractivity contribution < 1.29 is 4.79 Å². The molecule has 4 aromatic rings. The van der Waals surface area contributed by atoms with E-state index >= 15 is 0 Å². The first-order valence-corrected chi connectivity index (χ1v) is 11.2. The Kier molecular flexibility index (Phi) is 5.89. The van der Waals surface area contributed by atoms with E-state index in [2.05, 4.69) is 41.9 Å². The summed E-state index contributed by atoms with van der Waals surface area (Å²) in [5.41, 5.74) is 3.26. The topological polar surface area (TPSA) is 84.2 Å². The monoisotopic (exact) mass is 500 g/mol. The number of hydrogen-bond acceptors (Lipinski definition) is 6. The molecule has 0 aliphatic carbocycles. The molecule has 2 aromatic carbocycles. The summed E-state index contributed by atoms with van der Waals surface area (Å²) in [6.07, 6.45) is 0.761. The molecule has 0 atom stereocenters. The van der Waals surface area contributed by atoms with E-state index in [0.29, 0.717) is 5.56 Å². The first kappa shape index (κ1) is 20.6. The van der Waals surface area contributed by atoms with Crippen LogP contribution in [0, 0.1) is 6.92 Å². The highest BCUT2D eigenvalue weighted by atomic mass is 79.9. The lowest BCUT2D eigenvalue weighted by Crippen LogP contribution is -2.34. The molecule has 4 rings (SSSR count). The van der Waals surface area contributed by atoms with Crippen LogP contribution in [0.15, 0.2) is 46.9 Å². The van der Waals surface area contributed by atoms with Gasteiger partial charge in [0.05, 0.1) is 0 Å². The van der Waals surface area contributed by atoms with Gasteiger partial charge in [0.1, 0.15) is 5.01 Å². The van der Waals surface area contributed by atoms with Crippen molar-refractivity contribution >= 4 is 61.2 Å². The predicted molar refractivity (Wildman–Crippen MR) is 126 cm³/mol. The number of benzene rings is 2. The highest BCUT2D eigenvalue weighted by molar-refractivity contribution is 9.10. The van der Waals surface area contributed by atoms with Crippen LogP contribution in [0.4, 0.5) is 5.69 Å². The van der Waals surface area contributed by atoms with Gasteiger partial charge in [0, 0.05) is 27.7 Å². The fourth-order valence-electron chi connectivity index (χ4n) is 2.81. The molecular weight excluding hydrogens is 484 g/mol. The predicted octanol–water partition coefficient (Wildman–Crippen LogP) is 4.61. The van der Waals surface area contributed by atoms with Crippen LogP contribution in [0.3, 0.4) is 0 Å². The molecule has 2 heterocycles. The van der Waals surface area contributed by atoms with E-state index < -0.39 is 0 Å². The van der Waals surface area contributed by atoms with Crippen molar-refractivity contribution in [3.05, 3.63) is 63.9 Å². The lowest BCUT2D eigenvalue weighted by Gasteiger charge is -2.13. The molecule has 0 fully saturated rings. The van der Waals surface area contributed by atoms with Crippen molar-refractivity contribution in [3.8, 4) is 10.6 Å². The van der Waals surface area contributed by atoms with Gasteiger partial charge in [0.2, 0.25) is 4.96 Å². The third-order valence-electron chi connectivity index (χ3n) is 4.44. The average molecular weight is 501 g/mol. The number of thiocarbonyl (C=S) groups is 1. The number of carbonyl (C=O) groups excluding carboxylic acids is 1. The zero-order valence-electron chi connectivity index (χ0n) is 16.1. The van der Waals surface area contributed by atoms with Crippen molar-refractivity contribution in [1.29, 1.82) is 0 Å². The van der Waals surface area contributed by atoms with E-state index in [1.807, 2.05) is 44.2 Å². The molecule has 0 aliphatic heterocycles. The number of fused-ring (bicyclic) bond motifs is 1. The summed E-state index contributed by atoms with van der Waals surface area (Å²) in [6.45, 7) is 3.99. The summed E-state index contributed by atoms with van der Waals surface area (Å²) in [4.78, 5) is 13.1. The van der Waals surface area contributed by atoms with Crippen LogP contribution < -0.4 is 10.6 Å². The third-order valence-corrected chi connectivity index (χ3v) is 6.12. The maximum absolute atomic E-state index is 12.4. The van der Waals surface area contributed by atoms with Gasteiger partial charge in [0.25, 0.3) is 5.91 Å². The Morgan fingerprint density at radius 1 is 1.20 bits per heavy atom. The minimum Gasteiger partial charge on any atom is -0.332 e. The van der Waals surface area contributed by atoms with Gasteiger partial charge in [-0.1, -0.05) is 46.3 Å². The van der Waals surface area contributed by atoms with E-state index in [9.17, 15) is 4.79 Å². The standard InChI is InChI=1S/C20H17BrN6OS2/c1-3-16-24-25-20-27(16)26-18(30-20)13-5-4-11(2)15(10-13)22-19(29)23-17(28)12-6-8-14(21)9-7-12/h4-10H,3H2,1-2H3,(H2,22,23,28,29). The minimum absolute atomic E-state index is 0.231. The van der Waals surface area contributed by atoms with Crippen LogP contribution in [-0.4, -0.2) is 30.8 Å². The number of rotatable bonds is 4. The third kappa shape index (κ3) is 4.25. The van der Waals surface area contributed by atoms with Crippen molar-refractivity contribution in [3.63, 3.8) is 0 Å². The van der Waals surface area contributed by atoms with Gasteiger partial charge >= 0.3 is 0 Å². The molecule has 0 saturated carbocycles. The molecule has 30 heavy (non-hydrogen) atoms. The maximum atomic E-state index is 12.4. The van der Waals surface area contributed by atoms with Gasteiger partial charge in [-0.05, 0) is 55.0 Å². The number of anilines is 1. The maximum Gasteiger partial charge on any atom is 0.257 e. The van der Waals surface area contributed by atoms with Crippen molar-refractivity contribution in [2.24, 2.45) is 0 Å². The normalized spacial score (nSPS) is 10.9. The molecule has 7 nitrogen and oxygen atoms in total. The van der Waals surface area contributed by atoms with Crippen LogP contribution in [0.25, 0.3) is 15.5 Å². The van der Waals surface area contributed by atoms with E-state index in [0.717, 1.165) is 43.5 Å². The van der Waals surface area contributed by atoms with E-state index in [4.69, 9.17) is 12.2 Å². The number of carbonyl (C=O) groups is 1. The zero-order valence-corrected chi connectivity index (χ0v) is 19.4. The Bertz CT molecular complexity index is 1250. The van der Waals surface area contributed by atoms with Crippen molar-refractivity contribution in [2.45, 2.75) is 20.3 Å². The van der Waals surface area contributed by atoms with Crippen LogP contribution in [0.5, 0.6) is 0 Å². The van der Waals surface area contributed by atoms with Crippen LogP contribution >= 0.6 is 39.5 Å². The molecular formula is C20H17BrN6OS2. The second-order valence-electron chi connectivity index (χ2n) is 6.52. The number of aryl methyl sites for hydroxylation is 2. The van der Waals surface area contributed by atoms with Crippen LogP contribution in [0.1, 0.15) is 28.7 Å². The van der Waals surface area contributed by atoms with Gasteiger partial charge in [-0.25, -0.2) is 0 Å². The SMILES string of the molecule is CCc1nnc2sc(-c3ccc(C)c(NC(=S)NC(=O)c4ccc(Br)cc4)c3)nn12. The number of nitrogens with zero attached hydrogens (tertiary/aromatic N) is 4. The molecule has 10 heteroatoms. The highest BCUT2D eigenvalue weighted by Crippen LogP contribution is 2.29. The lowest BCUT2D eigenvalue weighted by atomic mass is 10.1. The molecule has 152 valence electrons. The van der Waals surface area contributed by atoms with Gasteiger partial charge in [-0.2, -0.15) is 9.61 Å². The molecule has 0 unspecified atom stereocenters. The smallest absolute Gasteiger partial charge is 0.257 e. The highest BCUT2D eigenvalue weighted by Gasteiger charge is 2.14. The minimum atomic E-state index is -0.269. The average Bonchev–Trinajstić information content (AvgIpc) is 3.30. The number of hydrogen-bond donors (Lipinski definition) is 2. The summed E-state index contributed by atoms with van der Waals surface area (Å²) >= 11 is 10.2. The summed E-state index contributed by atoms with van der Waals surface area (Å²) in [7, 11) is 0. The summed E-state index contributed by atoms with van der Waals surface area (Å²) in [5, 5.41) is 19.8. The molecule has 0 aliphatic rings. The number of halogens is 1. The molecule has 0 radical (unpaired) electrons. The fourth-order valence-corrected chi connectivity index (χ4v) is 4.14. The summed E-state index contributed by atoms with van der Waals surface area (Å²) < 4.78 is 2.68. The second-order valence-corrected chi connectivity index (χ2v) is 8.80. The van der Waals surface area contributed by atoms with Crippen molar-refractivity contribution in [2.75, 3.05) is 5.32 Å². The molecule has 2 aromatic heterocycles. The molecule has 0 saturated heterocycles. The van der Waals surface area contributed by atoms with E-state index in [-0.39, 0.29) is 11.0 Å². The Hall–Kier alpha value is -2.69. The largest absolute Gasteiger partial charge is 0.332 e. The van der Waals surface area contributed by atoms with Gasteiger partial charge in [-0.15, -0.1) is 10.2 Å². The van der Waals surface area contributed by atoms with E-state index in [1.54, 1.807) is 16.6 Å².